The molecule has 0 amide bonds. The van der Waals surface area contributed by atoms with Gasteiger partial charge in [-0.05, 0) is 46.5 Å². The molecule has 0 saturated heterocycles. The minimum atomic E-state index is -0.382. The number of carbonyl (C=O) groups excluding carboxylic acids is 3. The van der Waals surface area contributed by atoms with Crippen molar-refractivity contribution in [2.75, 3.05) is 0 Å². The van der Waals surface area contributed by atoms with Gasteiger partial charge in [-0.15, -0.1) is 0 Å². The van der Waals surface area contributed by atoms with E-state index in [1.807, 2.05) is 30.3 Å². The van der Waals surface area contributed by atoms with Crippen LogP contribution in [0.4, 0.5) is 0 Å². The van der Waals surface area contributed by atoms with Gasteiger partial charge in [0, 0.05) is 30.6 Å². The van der Waals surface area contributed by atoms with E-state index >= 15 is 0 Å². The molecule has 0 saturated carbocycles. The third-order valence-corrected chi connectivity index (χ3v) is 5.83. The molecule has 0 aromatic heterocycles. The maximum atomic E-state index is 12.7. The molecule has 6 rings (SSSR count). The predicted octanol–water partition coefficient (Wildman–Crippen LogP) is 3.14. The van der Waals surface area contributed by atoms with Crippen molar-refractivity contribution in [3.05, 3.63) is 76.9 Å². The van der Waals surface area contributed by atoms with Crippen molar-refractivity contribution in [3.8, 4) is 5.75 Å². The van der Waals surface area contributed by atoms with E-state index in [1.165, 1.54) is 19.1 Å². The second-order valence-electron chi connectivity index (χ2n) is 7.16. The van der Waals surface area contributed by atoms with Gasteiger partial charge < -0.3 is 4.74 Å². The van der Waals surface area contributed by atoms with Gasteiger partial charge in [0.05, 0.1) is 0 Å². The van der Waals surface area contributed by atoms with Crippen molar-refractivity contribution in [1.29, 1.82) is 0 Å². The normalized spacial score (nSPS) is 27.6. The number of carbonyl (C=O) groups is 3. The maximum absolute atomic E-state index is 12.7. The molecule has 0 fully saturated rings. The van der Waals surface area contributed by atoms with Gasteiger partial charge in [0.1, 0.15) is 5.75 Å². The number of rotatable bonds is 1. The molecule has 0 radical (unpaired) electrons. The van der Waals surface area contributed by atoms with Crippen molar-refractivity contribution in [2.45, 2.75) is 18.8 Å². The predicted molar refractivity (Wildman–Crippen MR) is 94.0 cm³/mol. The van der Waals surface area contributed by atoms with Crippen LogP contribution in [0.1, 0.15) is 41.0 Å². The Morgan fingerprint density at radius 1 is 0.808 bits per heavy atom. The van der Waals surface area contributed by atoms with Crippen LogP contribution >= 0.6 is 0 Å². The van der Waals surface area contributed by atoms with E-state index in [4.69, 9.17) is 4.74 Å². The van der Waals surface area contributed by atoms with Gasteiger partial charge in [-0.25, -0.2) is 0 Å². The Morgan fingerprint density at radius 2 is 1.35 bits per heavy atom. The molecule has 0 heterocycles. The third kappa shape index (κ3) is 1.93. The first-order valence-corrected chi connectivity index (χ1v) is 8.73. The van der Waals surface area contributed by atoms with Crippen molar-refractivity contribution in [2.24, 2.45) is 11.8 Å². The summed E-state index contributed by atoms with van der Waals surface area (Å²) in [5.74, 6) is -0.931. The molecule has 128 valence electrons. The second kappa shape index (κ2) is 5.24. The molecule has 4 nitrogen and oxygen atoms in total. The van der Waals surface area contributed by atoms with Crippen LogP contribution in [0.15, 0.2) is 54.6 Å². The lowest BCUT2D eigenvalue weighted by atomic mass is 9.51. The Kier molecular flexibility index (Phi) is 3.08. The van der Waals surface area contributed by atoms with E-state index in [2.05, 4.69) is 6.07 Å². The SMILES string of the molecule is CC(=O)Oc1ccc2c(c1)[C@H]1c3ccccc3[C@@H]2[C@H]2C(=O)C=CC(=O)[C@H]12. The zero-order valence-electron chi connectivity index (χ0n) is 14.1. The molecule has 4 atom stereocenters. The second-order valence-corrected chi connectivity index (χ2v) is 7.16. The Labute approximate surface area is 150 Å². The van der Waals surface area contributed by atoms with Crippen LogP contribution in [0.3, 0.4) is 0 Å². The van der Waals surface area contributed by atoms with Crippen LogP contribution in [-0.2, 0) is 14.4 Å². The van der Waals surface area contributed by atoms with E-state index in [1.54, 1.807) is 6.07 Å². The monoisotopic (exact) mass is 344 g/mol. The summed E-state index contributed by atoms with van der Waals surface area (Å²) >= 11 is 0. The molecule has 26 heavy (non-hydrogen) atoms. The summed E-state index contributed by atoms with van der Waals surface area (Å²) in [5, 5.41) is 0. The van der Waals surface area contributed by atoms with E-state index < -0.39 is 0 Å². The Bertz CT molecular complexity index is 1020. The van der Waals surface area contributed by atoms with Gasteiger partial charge in [-0.3, -0.25) is 14.4 Å². The first-order chi connectivity index (χ1) is 12.6. The summed E-state index contributed by atoms with van der Waals surface area (Å²) in [6.45, 7) is 1.37. The molecule has 2 aromatic rings. The van der Waals surface area contributed by atoms with Gasteiger partial charge in [-0.1, -0.05) is 30.3 Å². The summed E-state index contributed by atoms with van der Waals surface area (Å²) in [7, 11) is 0. The average Bonchev–Trinajstić information content (AvgIpc) is 2.63. The summed E-state index contributed by atoms with van der Waals surface area (Å²) in [6.07, 6.45) is 2.85. The lowest BCUT2D eigenvalue weighted by Crippen LogP contribution is -2.47. The highest BCUT2D eigenvalue weighted by atomic mass is 16.5. The quantitative estimate of drug-likeness (QED) is 0.589. The standard InChI is InChI=1S/C22H16O4/c1-11(23)26-12-6-7-15-16(10-12)20-14-5-3-2-4-13(14)19(15)21-17(24)8-9-18(25)22(20)21/h2-10,19-22H,1H3/t19-,20+,21+,22+/m0/s1. The fraction of sp³-hybridized carbons (Fsp3) is 0.227. The fourth-order valence-corrected chi connectivity index (χ4v) is 5.00. The maximum Gasteiger partial charge on any atom is 0.308 e. The van der Waals surface area contributed by atoms with E-state index in [-0.39, 0.29) is 41.2 Å². The summed E-state index contributed by atoms with van der Waals surface area (Å²) in [4.78, 5) is 36.7. The van der Waals surface area contributed by atoms with Crippen LogP contribution in [0.5, 0.6) is 5.75 Å². The number of allylic oxidation sites excluding steroid dienone is 2. The lowest BCUT2D eigenvalue weighted by Gasteiger charge is -2.50. The number of esters is 1. The van der Waals surface area contributed by atoms with E-state index in [0.29, 0.717) is 5.75 Å². The minimum absolute atomic E-state index is 0.00245. The van der Waals surface area contributed by atoms with Crippen LogP contribution in [0.2, 0.25) is 0 Å². The highest BCUT2D eigenvalue weighted by Gasteiger charge is 2.55. The third-order valence-electron chi connectivity index (χ3n) is 5.83. The number of ketones is 2. The summed E-state index contributed by atoms with van der Waals surface area (Å²) in [6, 6.07) is 13.6. The molecular weight excluding hydrogens is 328 g/mol. The van der Waals surface area contributed by atoms with Gasteiger partial charge in [0.15, 0.2) is 11.6 Å². The molecular formula is C22H16O4. The van der Waals surface area contributed by atoms with Gasteiger partial charge in [0.25, 0.3) is 0 Å². The van der Waals surface area contributed by atoms with Gasteiger partial charge in [-0.2, -0.15) is 0 Å². The van der Waals surface area contributed by atoms with E-state index in [9.17, 15) is 14.4 Å². The van der Waals surface area contributed by atoms with Gasteiger partial charge in [0.2, 0.25) is 0 Å². The largest absolute Gasteiger partial charge is 0.427 e. The summed E-state index contributed by atoms with van der Waals surface area (Å²) in [5.41, 5.74) is 4.28. The average molecular weight is 344 g/mol. The highest BCUT2D eigenvalue weighted by molar-refractivity contribution is 6.09. The number of ether oxygens (including phenoxy) is 1. The minimum Gasteiger partial charge on any atom is -0.427 e. The Morgan fingerprint density at radius 3 is 1.92 bits per heavy atom. The number of hydrogen-bond donors (Lipinski definition) is 0. The fourth-order valence-electron chi connectivity index (χ4n) is 5.00. The van der Waals surface area contributed by atoms with Crippen LogP contribution in [-0.4, -0.2) is 17.5 Å². The molecule has 0 N–H and O–H groups in total. The van der Waals surface area contributed by atoms with Gasteiger partial charge >= 0.3 is 5.97 Å². The Balaban J connectivity index is 1.77. The molecule has 2 aromatic carbocycles. The van der Waals surface area contributed by atoms with Crippen molar-refractivity contribution in [1.82, 2.24) is 0 Å². The lowest BCUT2D eigenvalue weighted by molar-refractivity contribution is -0.132. The Hall–Kier alpha value is -3.01. The molecule has 2 bridgehead atoms. The van der Waals surface area contributed by atoms with Crippen LogP contribution in [0, 0.1) is 11.8 Å². The first-order valence-electron chi connectivity index (χ1n) is 8.73. The zero-order chi connectivity index (χ0) is 18.0. The molecule has 4 aliphatic rings. The van der Waals surface area contributed by atoms with Crippen molar-refractivity contribution >= 4 is 17.5 Å². The first kappa shape index (κ1) is 15.3. The molecule has 0 unspecified atom stereocenters. The smallest absolute Gasteiger partial charge is 0.308 e. The van der Waals surface area contributed by atoms with Crippen molar-refractivity contribution < 1.29 is 19.1 Å². The highest BCUT2D eigenvalue weighted by Crippen LogP contribution is 2.60. The molecule has 0 spiro atoms. The zero-order valence-corrected chi connectivity index (χ0v) is 14.1. The topological polar surface area (TPSA) is 60.4 Å². The van der Waals surface area contributed by atoms with Crippen molar-refractivity contribution in [3.63, 3.8) is 0 Å². The molecule has 4 aliphatic carbocycles. The number of benzene rings is 2. The van der Waals surface area contributed by atoms with Crippen LogP contribution < -0.4 is 4.74 Å². The molecule has 4 heteroatoms. The number of hydrogen-bond acceptors (Lipinski definition) is 4. The molecule has 0 aliphatic heterocycles. The summed E-state index contributed by atoms with van der Waals surface area (Å²) < 4.78 is 5.26. The van der Waals surface area contributed by atoms with Crippen LogP contribution in [0.25, 0.3) is 0 Å². The van der Waals surface area contributed by atoms with E-state index in [0.717, 1.165) is 22.3 Å².